The predicted molar refractivity (Wildman–Crippen MR) is 62.3 cm³/mol. The van der Waals surface area contributed by atoms with Gasteiger partial charge in [0.15, 0.2) is 11.6 Å². The molecule has 0 atom stereocenters. The first kappa shape index (κ1) is 12.2. The molecule has 0 amide bonds. The first-order valence-corrected chi connectivity index (χ1v) is 5.34. The van der Waals surface area contributed by atoms with E-state index in [0.717, 1.165) is 6.07 Å². The Labute approximate surface area is 102 Å². The SMILES string of the molecule is CCc1c(N)ncnc1Oc1cccc(F)c1F. The summed E-state index contributed by atoms with van der Waals surface area (Å²) in [5.41, 5.74) is 6.21. The minimum absolute atomic E-state index is 0.134. The molecule has 2 aromatic rings. The molecule has 0 aliphatic carbocycles. The third kappa shape index (κ3) is 2.22. The molecule has 4 nitrogen and oxygen atoms in total. The van der Waals surface area contributed by atoms with Crippen LogP contribution >= 0.6 is 0 Å². The molecule has 1 heterocycles. The standard InChI is InChI=1S/C12H11F2N3O/c1-2-7-11(15)16-6-17-12(7)18-9-5-3-4-8(13)10(9)14/h3-6H,2H2,1H3,(H2,15,16,17). The molecule has 0 radical (unpaired) electrons. The maximum absolute atomic E-state index is 13.4. The fourth-order valence-corrected chi connectivity index (χ4v) is 1.50. The van der Waals surface area contributed by atoms with Crippen molar-refractivity contribution in [2.24, 2.45) is 0 Å². The first-order valence-electron chi connectivity index (χ1n) is 5.34. The van der Waals surface area contributed by atoms with E-state index in [4.69, 9.17) is 10.5 Å². The fraction of sp³-hybridized carbons (Fsp3) is 0.167. The van der Waals surface area contributed by atoms with Gasteiger partial charge in [-0.25, -0.2) is 14.4 Å². The van der Waals surface area contributed by atoms with Crippen molar-refractivity contribution in [3.63, 3.8) is 0 Å². The van der Waals surface area contributed by atoms with Crippen LogP contribution in [0.2, 0.25) is 0 Å². The summed E-state index contributed by atoms with van der Waals surface area (Å²) < 4.78 is 31.7. The van der Waals surface area contributed by atoms with Gasteiger partial charge in [-0.05, 0) is 18.6 Å². The van der Waals surface area contributed by atoms with Gasteiger partial charge >= 0.3 is 0 Å². The van der Waals surface area contributed by atoms with Crippen LogP contribution in [0, 0.1) is 11.6 Å². The van der Waals surface area contributed by atoms with Crippen LogP contribution in [0.4, 0.5) is 14.6 Å². The molecule has 18 heavy (non-hydrogen) atoms. The van der Waals surface area contributed by atoms with E-state index in [1.54, 1.807) is 0 Å². The molecule has 6 heteroatoms. The van der Waals surface area contributed by atoms with E-state index in [9.17, 15) is 8.78 Å². The van der Waals surface area contributed by atoms with Crippen LogP contribution < -0.4 is 10.5 Å². The van der Waals surface area contributed by atoms with Gasteiger partial charge in [-0.1, -0.05) is 13.0 Å². The van der Waals surface area contributed by atoms with Gasteiger partial charge in [-0.3, -0.25) is 0 Å². The highest BCUT2D eigenvalue weighted by atomic mass is 19.2. The molecule has 94 valence electrons. The molecule has 0 aliphatic heterocycles. The topological polar surface area (TPSA) is 61.0 Å². The molecular weight excluding hydrogens is 240 g/mol. The molecule has 0 bridgehead atoms. The number of aromatic nitrogens is 2. The second-order valence-electron chi connectivity index (χ2n) is 3.55. The Morgan fingerprint density at radius 1 is 1.28 bits per heavy atom. The number of benzene rings is 1. The van der Waals surface area contributed by atoms with Crippen LogP contribution in [-0.2, 0) is 6.42 Å². The summed E-state index contributed by atoms with van der Waals surface area (Å²) in [5, 5.41) is 0. The average Bonchev–Trinajstić information content (AvgIpc) is 2.35. The highest BCUT2D eigenvalue weighted by Crippen LogP contribution is 2.28. The highest BCUT2D eigenvalue weighted by molar-refractivity contribution is 5.46. The molecule has 0 fully saturated rings. The molecule has 2 rings (SSSR count). The number of ether oxygens (including phenoxy) is 1. The zero-order chi connectivity index (χ0) is 13.1. The van der Waals surface area contributed by atoms with Gasteiger partial charge in [0, 0.05) is 0 Å². The third-order valence-electron chi connectivity index (χ3n) is 2.42. The summed E-state index contributed by atoms with van der Waals surface area (Å²) >= 11 is 0. The highest BCUT2D eigenvalue weighted by Gasteiger charge is 2.14. The molecule has 2 N–H and O–H groups in total. The zero-order valence-electron chi connectivity index (χ0n) is 9.65. The van der Waals surface area contributed by atoms with Crippen LogP contribution in [0.1, 0.15) is 12.5 Å². The van der Waals surface area contributed by atoms with Crippen LogP contribution in [0.15, 0.2) is 24.5 Å². The maximum Gasteiger partial charge on any atom is 0.227 e. The molecule has 0 unspecified atom stereocenters. The number of nitrogen functional groups attached to an aromatic ring is 1. The summed E-state index contributed by atoms with van der Waals surface area (Å²) in [6, 6.07) is 3.68. The lowest BCUT2D eigenvalue weighted by atomic mass is 10.2. The monoisotopic (exact) mass is 251 g/mol. The normalized spacial score (nSPS) is 10.4. The lowest BCUT2D eigenvalue weighted by Gasteiger charge is -2.10. The van der Waals surface area contributed by atoms with Crippen molar-refractivity contribution in [1.82, 2.24) is 9.97 Å². The average molecular weight is 251 g/mol. The predicted octanol–water partition coefficient (Wildman–Crippen LogP) is 2.69. The van der Waals surface area contributed by atoms with Gasteiger partial charge in [0.1, 0.15) is 12.1 Å². The van der Waals surface area contributed by atoms with E-state index in [0.29, 0.717) is 12.0 Å². The number of rotatable bonds is 3. The Bertz CT molecular complexity index is 575. The molecule has 0 aliphatic rings. The van der Waals surface area contributed by atoms with E-state index >= 15 is 0 Å². The molecule has 0 spiro atoms. The van der Waals surface area contributed by atoms with Crippen LogP contribution in [-0.4, -0.2) is 9.97 Å². The Morgan fingerprint density at radius 2 is 2.06 bits per heavy atom. The minimum atomic E-state index is -1.06. The lowest BCUT2D eigenvalue weighted by Crippen LogP contribution is -2.02. The fourth-order valence-electron chi connectivity index (χ4n) is 1.50. The largest absolute Gasteiger partial charge is 0.435 e. The van der Waals surface area contributed by atoms with Crippen molar-refractivity contribution in [3.8, 4) is 11.6 Å². The van der Waals surface area contributed by atoms with Crippen molar-refractivity contribution in [3.05, 3.63) is 41.7 Å². The van der Waals surface area contributed by atoms with Crippen molar-refractivity contribution < 1.29 is 13.5 Å². The summed E-state index contributed by atoms with van der Waals surface area (Å²) in [7, 11) is 0. The van der Waals surface area contributed by atoms with Crippen molar-refractivity contribution >= 4 is 5.82 Å². The van der Waals surface area contributed by atoms with E-state index in [1.165, 1.54) is 18.5 Å². The van der Waals surface area contributed by atoms with Gasteiger partial charge < -0.3 is 10.5 Å². The van der Waals surface area contributed by atoms with Crippen LogP contribution in [0.3, 0.4) is 0 Å². The number of nitrogens with two attached hydrogens (primary N) is 1. The quantitative estimate of drug-likeness (QED) is 0.911. The summed E-state index contributed by atoms with van der Waals surface area (Å²) in [6.07, 6.45) is 1.74. The Kier molecular flexibility index (Phi) is 3.36. The zero-order valence-corrected chi connectivity index (χ0v) is 9.65. The first-order chi connectivity index (χ1) is 8.63. The Hall–Kier alpha value is -2.24. The maximum atomic E-state index is 13.4. The number of hydrogen-bond acceptors (Lipinski definition) is 4. The number of hydrogen-bond donors (Lipinski definition) is 1. The Balaban J connectivity index is 2.40. The molecule has 1 aromatic carbocycles. The number of halogens is 2. The Morgan fingerprint density at radius 3 is 2.78 bits per heavy atom. The second kappa shape index (κ2) is 4.95. The lowest BCUT2D eigenvalue weighted by molar-refractivity contribution is 0.401. The summed E-state index contributed by atoms with van der Waals surface area (Å²) in [6.45, 7) is 1.84. The molecule has 1 aromatic heterocycles. The van der Waals surface area contributed by atoms with E-state index < -0.39 is 11.6 Å². The minimum Gasteiger partial charge on any atom is -0.435 e. The van der Waals surface area contributed by atoms with E-state index in [-0.39, 0.29) is 17.4 Å². The summed E-state index contributed by atoms with van der Waals surface area (Å²) in [4.78, 5) is 7.69. The number of nitrogens with zero attached hydrogens (tertiary/aromatic N) is 2. The van der Waals surface area contributed by atoms with Crippen LogP contribution in [0.5, 0.6) is 11.6 Å². The molecular formula is C12H11F2N3O. The van der Waals surface area contributed by atoms with E-state index in [2.05, 4.69) is 9.97 Å². The van der Waals surface area contributed by atoms with Gasteiger partial charge in [-0.15, -0.1) is 0 Å². The molecule has 0 saturated carbocycles. The molecule has 0 saturated heterocycles. The van der Waals surface area contributed by atoms with Crippen molar-refractivity contribution in [2.45, 2.75) is 13.3 Å². The summed E-state index contributed by atoms with van der Waals surface area (Å²) in [5.74, 6) is -1.87. The number of anilines is 1. The smallest absolute Gasteiger partial charge is 0.227 e. The van der Waals surface area contributed by atoms with Gasteiger partial charge in [0.25, 0.3) is 0 Å². The second-order valence-corrected chi connectivity index (χ2v) is 3.55. The van der Waals surface area contributed by atoms with Crippen molar-refractivity contribution in [1.29, 1.82) is 0 Å². The van der Waals surface area contributed by atoms with Crippen LogP contribution in [0.25, 0.3) is 0 Å². The van der Waals surface area contributed by atoms with Crippen molar-refractivity contribution in [2.75, 3.05) is 5.73 Å². The van der Waals surface area contributed by atoms with E-state index in [1.807, 2.05) is 6.92 Å². The van der Waals surface area contributed by atoms with Gasteiger partial charge in [-0.2, -0.15) is 4.39 Å². The van der Waals surface area contributed by atoms with Gasteiger partial charge in [0.05, 0.1) is 5.56 Å². The van der Waals surface area contributed by atoms with Gasteiger partial charge in [0.2, 0.25) is 11.7 Å². The third-order valence-corrected chi connectivity index (χ3v) is 2.42.